The van der Waals surface area contributed by atoms with Gasteiger partial charge in [-0.2, -0.15) is 0 Å². The maximum Gasteiger partial charge on any atom is 0.236 e. The molecule has 1 amide bonds. The van der Waals surface area contributed by atoms with E-state index < -0.39 is 0 Å². The summed E-state index contributed by atoms with van der Waals surface area (Å²) in [5, 5.41) is 1.17. The molecule has 3 rings (SSSR count). The molecule has 0 N–H and O–H groups in total. The Hall–Kier alpha value is -0.770. The molecule has 0 radical (unpaired) electrons. The summed E-state index contributed by atoms with van der Waals surface area (Å²) in [5.74, 6) is 0.270. The van der Waals surface area contributed by atoms with Gasteiger partial charge in [0.1, 0.15) is 0 Å². The van der Waals surface area contributed by atoms with Gasteiger partial charge >= 0.3 is 0 Å². The van der Waals surface area contributed by atoms with Crippen molar-refractivity contribution in [1.82, 2.24) is 9.80 Å². The molecule has 5 heteroatoms. The van der Waals surface area contributed by atoms with Gasteiger partial charge in [-0.3, -0.25) is 9.69 Å². The van der Waals surface area contributed by atoms with E-state index >= 15 is 0 Å². The van der Waals surface area contributed by atoms with Crippen LogP contribution in [0.15, 0.2) is 18.2 Å². The van der Waals surface area contributed by atoms with Gasteiger partial charge in [0.2, 0.25) is 5.91 Å². The van der Waals surface area contributed by atoms with Gasteiger partial charge in [0, 0.05) is 19.1 Å². The molecule has 0 aliphatic carbocycles. The lowest BCUT2D eigenvalue weighted by molar-refractivity contribution is -0.133. The van der Waals surface area contributed by atoms with Crippen molar-refractivity contribution >= 4 is 29.1 Å². The van der Waals surface area contributed by atoms with Gasteiger partial charge < -0.3 is 4.90 Å². The third-order valence-electron chi connectivity index (χ3n) is 4.74. The minimum absolute atomic E-state index is 0.270. The second kappa shape index (κ2) is 7.20. The number of hydrogen-bond acceptors (Lipinski definition) is 2. The predicted molar refractivity (Wildman–Crippen MR) is 90.4 cm³/mol. The second-order valence-corrected chi connectivity index (χ2v) is 7.06. The molecule has 0 spiro atoms. The molecule has 1 aromatic carbocycles. The van der Waals surface area contributed by atoms with Crippen molar-refractivity contribution in [3.8, 4) is 0 Å². The molecule has 3 nitrogen and oxygen atoms in total. The van der Waals surface area contributed by atoms with E-state index in [1.54, 1.807) is 0 Å². The first-order valence-corrected chi connectivity index (χ1v) is 8.87. The summed E-state index contributed by atoms with van der Waals surface area (Å²) in [6.45, 7) is 3.34. The Labute approximate surface area is 142 Å². The van der Waals surface area contributed by atoms with Crippen LogP contribution in [0, 0.1) is 0 Å². The van der Waals surface area contributed by atoms with E-state index in [4.69, 9.17) is 23.2 Å². The molecular formula is C17H22Cl2N2O. The fourth-order valence-electron chi connectivity index (χ4n) is 3.53. The van der Waals surface area contributed by atoms with Crippen LogP contribution in [0.25, 0.3) is 0 Å². The van der Waals surface area contributed by atoms with Crippen LogP contribution in [0.5, 0.6) is 0 Å². The number of hydrogen-bond donors (Lipinski definition) is 0. The quantitative estimate of drug-likeness (QED) is 0.825. The summed E-state index contributed by atoms with van der Waals surface area (Å²) in [5.41, 5.74) is 1.17. The van der Waals surface area contributed by atoms with E-state index in [2.05, 4.69) is 4.90 Å². The Kier molecular flexibility index (Phi) is 5.27. The number of carbonyl (C=O) groups excluding carboxylic acids is 1. The molecule has 22 heavy (non-hydrogen) atoms. The van der Waals surface area contributed by atoms with Gasteiger partial charge in [-0.15, -0.1) is 0 Å². The van der Waals surface area contributed by atoms with Crippen molar-refractivity contribution in [3.05, 3.63) is 33.8 Å². The van der Waals surface area contributed by atoms with Crippen molar-refractivity contribution in [1.29, 1.82) is 0 Å². The molecule has 2 aliphatic rings. The Balaban J connectivity index is 1.67. The molecule has 2 aliphatic heterocycles. The molecule has 2 fully saturated rings. The van der Waals surface area contributed by atoms with Crippen molar-refractivity contribution in [2.45, 2.75) is 38.1 Å². The average molecular weight is 341 g/mol. The summed E-state index contributed by atoms with van der Waals surface area (Å²) >= 11 is 12.1. The van der Waals surface area contributed by atoms with Gasteiger partial charge in [0.25, 0.3) is 0 Å². The first kappa shape index (κ1) is 16.1. The van der Waals surface area contributed by atoms with Crippen molar-refractivity contribution in [3.63, 3.8) is 0 Å². The summed E-state index contributed by atoms with van der Waals surface area (Å²) in [4.78, 5) is 16.8. The summed E-state index contributed by atoms with van der Waals surface area (Å²) in [7, 11) is 0. The standard InChI is InChI=1S/C17H22Cl2N2O/c18-14-7-6-13(11-15(14)19)16-5-4-10-21(16)12-17(22)20-8-2-1-3-9-20/h6-7,11,16H,1-5,8-10,12H2/t16-/m1/s1. The van der Waals surface area contributed by atoms with E-state index in [-0.39, 0.29) is 11.9 Å². The maximum atomic E-state index is 12.5. The van der Waals surface area contributed by atoms with Crippen LogP contribution in [-0.4, -0.2) is 41.9 Å². The molecule has 0 saturated carbocycles. The Morgan fingerprint density at radius 1 is 1.05 bits per heavy atom. The summed E-state index contributed by atoms with van der Waals surface area (Å²) < 4.78 is 0. The van der Waals surface area contributed by atoms with Crippen LogP contribution in [0.1, 0.15) is 43.7 Å². The van der Waals surface area contributed by atoms with E-state index in [0.717, 1.165) is 45.3 Å². The molecule has 0 unspecified atom stereocenters. The largest absolute Gasteiger partial charge is 0.342 e. The van der Waals surface area contributed by atoms with Gasteiger partial charge in [0.15, 0.2) is 0 Å². The lowest BCUT2D eigenvalue weighted by Gasteiger charge is -2.31. The Morgan fingerprint density at radius 2 is 1.82 bits per heavy atom. The Morgan fingerprint density at radius 3 is 2.55 bits per heavy atom. The highest BCUT2D eigenvalue weighted by Crippen LogP contribution is 2.34. The topological polar surface area (TPSA) is 23.6 Å². The van der Waals surface area contributed by atoms with E-state index in [9.17, 15) is 4.79 Å². The Bertz CT molecular complexity index is 543. The summed E-state index contributed by atoms with van der Waals surface area (Å²) in [6.07, 6.45) is 5.73. The monoisotopic (exact) mass is 340 g/mol. The number of halogens is 2. The normalized spacial score (nSPS) is 23.0. The molecule has 2 saturated heterocycles. The predicted octanol–water partition coefficient (Wildman–Crippen LogP) is 4.14. The molecule has 1 aromatic rings. The third-order valence-corrected chi connectivity index (χ3v) is 5.48. The molecule has 2 heterocycles. The smallest absolute Gasteiger partial charge is 0.236 e. The summed E-state index contributed by atoms with van der Waals surface area (Å²) in [6, 6.07) is 6.10. The number of amides is 1. The van der Waals surface area contributed by atoms with Crippen molar-refractivity contribution in [2.75, 3.05) is 26.2 Å². The van der Waals surface area contributed by atoms with Crippen molar-refractivity contribution < 1.29 is 4.79 Å². The van der Waals surface area contributed by atoms with Crippen LogP contribution in [0.2, 0.25) is 10.0 Å². The SMILES string of the molecule is O=C(CN1CCC[C@@H]1c1ccc(Cl)c(Cl)c1)N1CCCCC1. The van der Waals surface area contributed by atoms with Crippen LogP contribution in [-0.2, 0) is 4.79 Å². The minimum Gasteiger partial charge on any atom is -0.342 e. The molecular weight excluding hydrogens is 319 g/mol. The molecule has 0 aromatic heterocycles. The number of benzene rings is 1. The van der Waals surface area contributed by atoms with Crippen molar-refractivity contribution in [2.24, 2.45) is 0 Å². The van der Waals surface area contributed by atoms with E-state index in [1.165, 1.54) is 12.0 Å². The fraction of sp³-hybridized carbons (Fsp3) is 0.588. The highest BCUT2D eigenvalue weighted by Gasteiger charge is 2.29. The highest BCUT2D eigenvalue weighted by molar-refractivity contribution is 6.42. The van der Waals surface area contributed by atoms with Gasteiger partial charge in [-0.25, -0.2) is 0 Å². The second-order valence-electron chi connectivity index (χ2n) is 6.24. The minimum atomic E-state index is 0.270. The fourth-order valence-corrected chi connectivity index (χ4v) is 3.84. The molecule has 1 atom stereocenters. The number of rotatable bonds is 3. The molecule has 120 valence electrons. The maximum absolute atomic E-state index is 12.5. The zero-order chi connectivity index (χ0) is 15.5. The average Bonchev–Trinajstić information content (AvgIpc) is 2.99. The van der Waals surface area contributed by atoms with Crippen LogP contribution in [0.4, 0.5) is 0 Å². The van der Waals surface area contributed by atoms with Crippen LogP contribution >= 0.6 is 23.2 Å². The van der Waals surface area contributed by atoms with Gasteiger partial charge in [0.05, 0.1) is 16.6 Å². The van der Waals surface area contributed by atoms with Gasteiger partial charge in [-0.05, 0) is 56.3 Å². The molecule has 0 bridgehead atoms. The van der Waals surface area contributed by atoms with Crippen LogP contribution < -0.4 is 0 Å². The zero-order valence-electron chi connectivity index (χ0n) is 12.7. The van der Waals surface area contributed by atoms with Crippen LogP contribution in [0.3, 0.4) is 0 Å². The highest BCUT2D eigenvalue weighted by atomic mass is 35.5. The number of carbonyl (C=O) groups is 1. The lowest BCUT2D eigenvalue weighted by Crippen LogP contribution is -2.42. The number of piperidine rings is 1. The van der Waals surface area contributed by atoms with E-state index in [1.807, 2.05) is 23.1 Å². The number of likely N-dealkylation sites (tertiary alicyclic amines) is 2. The zero-order valence-corrected chi connectivity index (χ0v) is 14.2. The first-order chi connectivity index (χ1) is 10.6. The van der Waals surface area contributed by atoms with E-state index in [0.29, 0.717) is 16.6 Å². The number of nitrogens with zero attached hydrogens (tertiary/aromatic N) is 2. The lowest BCUT2D eigenvalue weighted by atomic mass is 10.0. The first-order valence-electron chi connectivity index (χ1n) is 8.12. The third kappa shape index (κ3) is 3.58. The van der Waals surface area contributed by atoms with Gasteiger partial charge in [-0.1, -0.05) is 29.3 Å².